The lowest BCUT2D eigenvalue weighted by Gasteiger charge is -2.27. The normalized spacial score (nSPS) is 14.8. The number of hydrogen-bond acceptors (Lipinski definition) is 5. The van der Waals surface area contributed by atoms with Gasteiger partial charge >= 0.3 is 6.03 Å². The van der Waals surface area contributed by atoms with Crippen molar-refractivity contribution in [3.63, 3.8) is 0 Å². The summed E-state index contributed by atoms with van der Waals surface area (Å²) in [6.45, 7) is 4.11. The van der Waals surface area contributed by atoms with Crippen molar-refractivity contribution < 1.29 is 23.9 Å². The summed E-state index contributed by atoms with van der Waals surface area (Å²) in [5.41, 5.74) is 3.44. The fraction of sp³-hybridized carbons (Fsp3) is 0.148. The number of anilines is 1. The summed E-state index contributed by atoms with van der Waals surface area (Å²) in [4.78, 5) is 39.1. The maximum absolute atomic E-state index is 13.2. The van der Waals surface area contributed by atoms with Crippen LogP contribution < -0.4 is 19.7 Å². The Morgan fingerprint density at radius 2 is 1.77 bits per heavy atom. The maximum Gasteiger partial charge on any atom is 0.335 e. The number of hydrogen-bond donors (Lipinski definition) is 1. The maximum atomic E-state index is 13.2. The van der Waals surface area contributed by atoms with Gasteiger partial charge in [-0.25, -0.2) is 9.69 Å². The van der Waals surface area contributed by atoms with Gasteiger partial charge < -0.3 is 9.47 Å². The number of benzene rings is 3. The average molecular weight is 491 g/mol. The molecule has 0 unspecified atom stereocenters. The standard InChI is InChI=1S/C27H23ClN2O5/c1-16-5-4-6-19(11-16)15-35-23-10-8-18(13-24(23)34-3)12-21-25(31)29-27(33)30(26(21)32)22-14-20(28)9-7-17(22)2/h4-14H,15H2,1-3H3,(H,29,31,33)/b21-12+. The van der Waals surface area contributed by atoms with Crippen LogP contribution in [0.1, 0.15) is 22.3 Å². The Kier molecular flexibility index (Phi) is 6.89. The molecule has 3 aromatic rings. The topological polar surface area (TPSA) is 84.9 Å². The molecule has 0 aromatic heterocycles. The molecule has 0 radical (unpaired) electrons. The molecule has 0 bridgehead atoms. The average Bonchev–Trinajstić information content (AvgIpc) is 2.82. The second-order valence-electron chi connectivity index (χ2n) is 8.08. The zero-order valence-electron chi connectivity index (χ0n) is 19.4. The van der Waals surface area contributed by atoms with E-state index in [4.69, 9.17) is 21.1 Å². The minimum absolute atomic E-state index is 0.195. The Labute approximate surface area is 207 Å². The van der Waals surface area contributed by atoms with E-state index in [1.54, 1.807) is 37.3 Å². The monoisotopic (exact) mass is 490 g/mol. The van der Waals surface area contributed by atoms with Crippen LogP contribution in [0.4, 0.5) is 10.5 Å². The minimum Gasteiger partial charge on any atom is -0.493 e. The van der Waals surface area contributed by atoms with Crippen molar-refractivity contribution in [1.82, 2.24) is 5.32 Å². The fourth-order valence-electron chi connectivity index (χ4n) is 3.72. The van der Waals surface area contributed by atoms with E-state index in [2.05, 4.69) is 5.32 Å². The van der Waals surface area contributed by atoms with Crippen molar-refractivity contribution in [2.45, 2.75) is 20.5 Å². The molecular formula is C27H23ClN2O5. The first kappa shape index (κ1) is 24.0. The van der Waals surface area contributed by atoms with E-state index in [1.807, 2.05) is 31.2 Å². The Bertz CT molecular complexity index is 1370. The molecule has 0 aliphatic carbocycles. The van der Waals surface area contributed by atoms with E-state index < -0.39 is 17.8 Å². The molecule has 1 heterocycles. The fourth-order valence-corrected chi connectivity index (χ4v) is 3.89. The molecule has 1 aliphatic rings. The number of aryl methyl sites for hydroxylation is 2. The molecule has 178 valence electrons. The first-order valence-corrected chi connectivity index (χ1v) is 11.2. The van der Waals surface area contributed by atoms with Crippen molar-refractivity contribution in [1.29, 1.82) is 0 Å². The largest absolute Gasteiger partial charge is 0.493 e. The molecule has 1 aliphatic heterocycles. The van der Waals surface area contributed by atoms with Crippen LogP contribution in [0.3, 0.4) is 0 Å². The zero-order valence-corrected chi connectivity index (χ0v) is 20.2. The number of carbonyl (C=O) groups is 3. The zero-order chi connectivity index (χ0) is 25.1. The first-order chi connectivity index (χ1) is 16.8. The van der Waals surface area contributed by atoms with Crippen molar-refractivity contribution in [3.8, 4) is 11.5 Å². The number of halogens is 1. The highest BCUT2D eigenvalue weighted by atomic mass is 35.5. The van der Waals surface area contributed by atoms with Gasteiger partial charge in [0.05, 0.1) is 12.8 Å². The summed E-state index contributed by atoms with van der Waals surface area (Å²) in [6.07, 6.45) is 1.41. The summed E-state index contributed by atoms with van der Waals surface area (Å²) in [6, 6.07) is 17.1. The highest BCUT2D eigenvalue weighted by molar-refractivity contribution is 6.39. The molecular weight excluding hydrogens is 468 g/mol. The van der Waals surface area contributed by atoms with Gasteiger partial charge in [-0.1, -0.05) is 53.6 Å². The number of barbiturate groups is 1. The Hall–Kier alpha value is -4.10. The van der Waals surface area contributed by atoms with Crippen molar-refractivity contribution in [2.24, 2.45) is 0 Å². The van der Waals surface area contributed by atoms with Crippen LogP contribution >= 0.6 is 11.6 Å². The van der Waals surface area contributed by atoms with Gasteiger partial charge in [0.2, 0.25) is 0 Å². The van der Waals surface area contributed by atoms with Crippen LogP contribution in [-0.2, 0) is 16.2 Å². The van der Waals surface area contributed by atoms with E-state index >= 15 is 0 Å². The molecule has 1 saturated heterocycles. The molecule has 7 nitrogen and oxygen atoms in total. The number of imide groups is 2. The van der Waals surface area contributed by atoms with Gasteiger partial charge in [0.1, 0.15) is 12.2 Å². The summed E-state index contributed by atoms with van der Waals surface area (Å²) in [5.74, 6) is -0.575. The van der Waals surface area contributed by atoms with Crippen molar-refractivity contribution >= 4 is 41.2 Å². The molecule has 3 aromatic carbocycles. The van der Waals surface area contributed by atoms with Gasteiger partial charge in [-0.15, -0.1) is 0 Å². The van der Waals surface area contributed by atoms with Crippen LogP contribution in [0.15, 0.2) is 66.2 Å². The number of methoxy groups -OCH3 is 1. The van der Waals surface area contributed by atoms with Gasteiger partial charge in [-0.3, -0.25) is 14.9 Å². The van der Waals surface area contributed by atoms with E-state index in [-0.39, 0.29) is 5.57 Å². The lowest BCUT2D eigenvalue weighted by Crippen LogP contribution is -2.54. The lowest BCUT2D eigenvalue weighted by atomic mass is 10.1. The quantitative estimate of drug-likeness (QED) is 0.378. The van der Waals surface area contributed by atoms with Crippen molar-refractivity contribution in [3.05, 3.63) is 93.5 Å². The van der Waals surface area contributed by atoms with E-state index in [0.29, 0.717) is 39.9 Å². The van der Waals surface area contributed by atoms with E-state index in [9.17, 15) is 14.4 Å². The smallest absolute Gasteiger partial charge is 0.335 e. The van der Waals surface area contributed by atoms with Gasteiger partial charge in [0.15, 0.2) is 11.5 Å². The number of nitrogens with zero attached hydrogens (tertiary/aromatic N) is 1. The molecule has 0 spiro atoms. The number of nitrogens with one attached hydrogen (secondary N) is 1. The third kappa shape index (κ3) is 5.20. The van der Waals surface area contributed by atoms with Crippen LogP contribution in [0, 0.1) is 13.8 Å². The Morgan fingerprint density at radius 3 is 2.51 bits per heavy atom. The number of rotatable bonds is 6. The molecule has 4 amide bonds. The van der Waals surface area contributed by atoms with Crippen LogP contribution in [0.5, 0.6) is 11.5 Å². The van der Waals surface area contributed by atoms with Gasteiger partial charge in [-0.05, 0) is 60.9 Å². The Balaban J connectivity index is 1.62. The van der Waals surface area contributed by atoms with Gasteiger partial charge in [0.25, 0.3) is 11.8 Å². The molecule has 0 saturated carbocycles. The van der Waals surface area contributed by atoms with Gasteiger partial charge in [0, 0.05) is 5.02 Å². The summed E-state index contributed by atoms with van der Waals surface area (Å²) in [5, 5.41) is 2.58. The highest BCUT2D eigenvalue weighted by Gasteiger charge is 2.37. The minimum atomic E-state index is -0.833. The molecule has 8 heteroatoms. The lowest BCUT2D eigenvalue weighted by molar-refractivity contribution is -0.122. The number of amides is 4. The summed E-state index contributed by atoms with van der Waals surface area (Å²) < 4.78 is 11.4. The Morgan fingerprint density at radius 1 is 0.971 bits per heavy atom. The van der Waals surface area contributed by atoms with Crippen molar-refractivity contribution in [2.75, 3.05) is 12.0 Å². The van der Waals surface area contributed by atoms with E-state index in [0.717, 1.165) is 16.0 Å². The third-order valence-corrected chi connectivity index (χ3v) is 5.72. The second kappa shape index (κ2) is 10.0. The van der Waals surface area contributed by atoms with Crippen LogP contribution in [0.25, 0.3) is 6.08 Å². The number of urea groups is 1. The number of ether oxygens (including phenoxy) is 2. The number of carbonyl (C=O) groups excluding carboxylic acids is 3. The molecule has 4 rings (SSSR count). The van der Waals surface area contributed by atoms with Gasteiger partial charge in [-0.2, -0.15) is 0 Å². The predicted octanol–water partition coefficient (Wildman–Crippen LogP) is 5.21. The molecule has 1 N–H and O–H groups in total. The SMILES string of the molecule is COc1cc(/C=C2\C(=O)NC(=O)N(c3cc(Cl)ccc3C)C2=O)ccc1OCc1cccc(C)c1. The van der Waals surface area contributed by atoms with E-state index in [1.165, 1.54) is 19.3 Å². The molecule has 0 atom stereocenters. The summed E-state index contributed by atoms with van der Waals surface area (Å²) in [7, 11) is 1.51. The summed E-state index contributed by atoms with van der Waals surface area (Å²) >= 11 is 6.07. The third-order valence-electron chi connectivity index (χ3n) is 5.49. The molecule has 1 fully saturated rings. The first-order valence-electron chi connectivity index (χ1n) is 10.8. The van der Waals surface area contributed by atoms with Crippen LogP contribution in [-0.4, -0.2) is 25.0 Å². The highest BCUT2D eigenvalue weighted by Crippen LogP contribution is 2.31. The second-order valence-corrected chi connectivity index (χ2v) is 8.51. The predicted molar refractivity (Wildman–Crippen MR) is 134 cm³/mol. The van der Waals surface area contributed by atoms with Crippen LogP contribution in [0.2, 0.25) is 5.02 Å². The molecule has 35 heavy (non-hydrogen) atoms.